The number of halogens is 2. The van der Waals surface area contributed by atoms with Crippen LogP contribution in [0.4, 0.5) is 10.1 Å². The average molecular weight is 600 g/mol. The van der Waals surface area contributed by atoms with Gasteiger partial charge >= 0.3 is 0 Å². The summed E-state index contributed by atoms with van der Waals surface area (Å²) in [6, 6.07) is 18.7. The number of carbonyl (C=O) groups is 4. The van der Waals surface area contributed by atoms with E-state index in [4.69, 9.17) is 11.6 Å². The van der Waals surface area contributed by atoms with Gasteiger partial charge in [-0.1, -0.05) is 47.5 Å². The molecule has 3 fully saturated rings. The summed E-state index contributed by atoms with van der Waals surface area (Å²) in [4.78, 5) is 56.9. The highest BCUT2D eigenvalue weighted by atomic mass is 35.5. The van der Waals surface area contributed by atoms with Gasteiger partial charge in [0.15, 0.2) is 0 Å². The molecule has 7 rings (SSSR count). The number of hydrogen-bond acceptors (Lipinski definition) is 6. The number of nitrogens with one attached hydrogen (secondary N) is 1. The summed E-state index contributed by atoms with van der Waals surface area (Å²) >= 11 is 6.27. The van der Waals surface area contributed by atoms with Crippen LogP contribution in [0.15, 0.2) is 84.4 Å². The van der Waals surface area contributed by atoms with Gasteiger partial charge in [0, 0.05) is 18.0 Å². The quantitative estimate of drug-likeness (QED) is 0.330. The number of phenols is 1. The number of benzene rings is 3. The van der Waals surface area contributed by atoms with Gasteiger partial charge in [-0.25, -0.2) is 4.39 Å². The molecular weight excluding hydrogens is 573 g/mol. The van der Waals surface area contributed by atoms with Gasteiger partial charge in [-0.2, -0.15) is 5.01 Å². The number of anilines is 1. The number of hydrazine groups is 1. The van der Waals surface area contributed by atoms with E-state index in [1.165, 1.54) is 48.3 Å². The minimum Gasteiger partial charge on any atom is -0.508 e. The lowest BCUT2D eigenvalue weighted by molar-refractivity contribution is -0.140. The summed E-state index contributed by atoms with van der Waals surface area (Å²) in [5, 5.41) is 11.6. The van der Waals surface area contributed by atoms with Crippen LogP contribution in [0.5, 0.6) is 5.75 Å². The van der Waals surface area contributed by atoms with E-state index in [1.54, 1.807) is 36.4 Å². The first kappa shape index (κ1) is 27.3. The first-order chi connectivity index (χ1) is 20.6. The highest BCUT2D eigenvalue weighted by Crippen LogP contribution is 2.64. The maximum Gasteiger partial charge on any atom is 0.260 e. The molecule has 1 saturated carbocycles. The number of allylic oxidation sites excluding steroid dienone is 2. The molecule has 2 saturated heterocycles. The lowest BCUT2D eigenvalue weighted by atomic mass is 9.49. The third-order valence-electron chi connectivity index (χ3n) is 9.70. The second-order valence-corrected chi connectivity index (χ2v) is 12.1. The monoisotopic (exact) mass is 599 g/mol. The molecule has 3 aromatic carbocycles. The summed E-state index contributed by atoms with van der Waals surface area (Å²) in [5.74, 6) is -5.20. The number of carbonyl (C=O) groups excluding carboxylic acids is 4. The van der Waals surface area contributed by atoms with E-state index >= 15 is 0 Å². The molecular formula is C33H27ClFN3O5. The molecule has 0 bridgehead atoms. The van der Waals surface area contributed by atoms with Gasteiger partial charge in [0.2, 0.25) is 11.8 Å². The van der Waals surface area contributed by atoms with Crippen LogP contribution >= 0.6 is 11.6 Å². The zero-order chi connectivity index (χ0) is 30.2. The average Bonchev–Trinajstić information content (AvgIpc) is 3.35. The lowest BCUT2D eigenvalue weighted by Crippen LogP contribution is -2.53. The van der Waals surface area contributed by atoms with Gasteiger partial charge in [0.25, 0.3) is 11.8 Å². The Kier molecular flexibility index (Phi) is 6.21. The van der Waals surface area contributed by atoms with Gasteiger partial charge < -0.3 is 5.11 Å². The van der Waals surface area contributed by atoms with Crippen molar-refractivity contribution >= 4 is 40.9 Å². The second kappa shape index (κ2) is 9.77. The normalized spacial score (nSPS) is 29.7. The topological polar surface area (TPSA) is 107 Å². The molecule has 8 nitrogen and oxygen atoms in total. The van der Waals surface area contributed by atoms with E-state index in [-0.39, 0.29) is 24.0 Å². The van der Waals surface area contributed by atoms with Gasteiger partial charge in [-0.05, 0) is 78.4 Å². The smallest absolute Gasteiger partial charge is 0.260 e. The zero-order valence-electron chi connectivity index (χ0n) is 23.0. The molecule has 10 heteroatoms. The van der Waals surface area contributed by atoms with Crippen LogP contribution in [0.1, 0.15) is 29.9 Å². The standard InChI is InChI=1S/C33H27ClFN3O5/c1-37-29(40)24-15-14-23-25(27(24)31(37)42)16-26-30(41)38(36-21-10-8-20(35)9-11-21)32(43)33(26,18-4-6-19(34)7-5-18)28(23)17-2-12-22(39)13-3-17/h2-14,24-28,36,39H,15-16H2,1H3/t24-,25+,26-,27-,28-,33+/m0/s1. The van der Waals surface area contributed by atoms with Crippen molar-refractivity contribution in [2.24, 2.45) is 23.7 Å². The van der Waals surface area contributed by atoms with E-state index in [0.29, 0.717) is 28.3 Å². The first-order valence-electron chi connectivity index (χ1n) is 14.1. The largest absolute Gasteiger partial charge is 0.508 e. The molecule has 4 amide bonds. The van der Waals surface area contributed by atoms with Gasteiger partial charge in [-0.15, -0.1) is 0 Å². The van der Waals surface area contributed by atoms with Gasteiger partial charge in [-0.3, -0.25) is 29.5 Å². The van der Waals surface area contributed by atoms with Crippen molar-refractivity contribution in [2.75, 3.05) is 12.5 Å². The van der Waals surface area contributed by atoms with Crippen LogP contribution in [0.2, 0.25) is 5.02 Å². The molecule has 218 valence electrons. The Morgan fingerprint density at radius 3 is 2.23 bits per heavy atom. The van der Waals surface area contributed by atoms with Crippen molar-refractivity contribution in [3.05, 3.63) is 106 Å². The molecule has 0 aromatic heterocycles. The van der Waals surface area contributed by atoms with Crippen LogP contribution in [0, 0.1) is 29.5 Å². The van der Waals surface area contributed by atoms with Crippen molar-refractivity contribution in [1.82, 2.24) is 9.91 Å². The fraction of sp³-hybridized carbons (Fsp3) is 0.273. The number of phenolic OH excluding ortho intramolecular Hbond substituents is 1. The van der Waals surface area contributed by atoms with E-state index in [1.807, 2.05) is 6.08 Å². The summed E-state index contributed by atoms with van der Waals surface area (Å²) in [6.45, 7) is 0. The first-order valence-corrected chi connectivity index (χ1v) is 14.5. The van der Waals surface area contributed by atoms with Gasteiger partial charge in [0.1, 0.15) is 11.6 Å². The predicted octanol–water partition coefficient (Wildman–Crippen LogP) is 4.80. The SMILES string of the molecule is CN1C(=O)[C@H]2[C@H](CC=C3[C@H]2C[C@H]2C(=O)N(Nc4ccc(F)cc4)C(=O)[C@@]2(c2ccc(Cl)cc2)[C@H]3c2ccc(O)cc2)C1=O. The Hall–Kier alpha value is -4.50. The highest BCUT2D eigenvalue weighted by molar-refractivity contribution is 6.30. The van der Waals surface area contributed by atoms with Crippen LogP contribution in [0.25, 0.3) is 0 Å². The molecule has 0 spiro atoms. The fourth-order valence-electron chi connectivity index (χ4n) is 7.85. The van der Waals surface area contributed by atoms with Crippen molar-refractivity contribution < 1.29 is 28.7 Å². The number of fused-ring (bicyclic) bond motifs is 4. The molecule has 3 aromatic rings. The van der Waals surface area contributed by atoms with Crippen molar-refractivity contribution in [2.45, 2.75) is 24.2 Å². The van der Waals surface area contributed by atoms with E-state index in [2.05, 4.69) is 5.43 Å². The molecule has 2 aliphatic carbocycles. The molecule has 2 aliphatic heterocycles. The van der Waals surface area contributed by atoms with Crippen molar-refractivity contribution in [1.29, 1.82) is 0 Å². The number of hydrogen-bond donors (Lipinski definition) is 2. The number of amides is 4. The third kappa shape index (κ3) is 3.87. The second-order valence-electron chi connectivity index (χ2n) is 11.7. The Labute approximate surface area is 251 Å². The molecule has 43 heavy (non-hydrogen) atoms. The number of aromatic hydroxyl groups is 1. The maximum absolute atomic E-state index is 14.9. The summed E-state index contributed by atoms with van der Waals surface area (Å²) < 4.78 is 13.7. The van der Waals surface area contributed by atoms with Gasteiger partial charge in [0.05, 0.1) is 28.9 Å². The third-order valence-corrected chi connectivity index (χ3v) is 9.95. The Bertz CT molecular complexity index is 1710. The minimum absolute atomic E-state index is 0.0394. The summed E-state index contributed by atoms with van der Waals surface area (Å²) in [6.07, 6.45) is 2.47. The number of likely N-dealkylation sites (tertiary alicyclic amines) is 1. The number of imide groups is 2. The van der Waals surface area contributed by atoms with Crippen LogP contribution in [-0.4, -0.2) is 45.7 Å². The zero-order valence-corrected chi connectivity index (χ0v) is 23.8. The van der Waals surface area contributed by atoms with E-state index in [0.717, 1.165) is 10.6 Å². The molecule has 6 atom stereocenters. The number of rotatable bonds is 4. The minimum atomic E-state index is -1.45. The number of nitrogens with zero attached hydrogens (tertiary/aromatic N) is 2. The van der Waals surface area contributed by atoms with Crippen LogP contribution in [-0.2, 0) is 24.6 Å². The van der Waals surface area contributed by atoms with Crippen LogP contribution in [0.3, 0.4) is 0 Å². The summed E-state index contributed by atoms with van der Waals surface area (Å²) in [7, 11) is 1.49. The molecule has 0 unspecified atom stereocenters. The Morgan fingerprint density at radius 1 is 0.884 bits per heavy atom. The maximum atomic E-state index is 14.9. The van der Waals surface area contributed by atoms with Crippen molar-refractivity contribution in [3.8, 4) is 5.75 Å². The lowest BCUT2D eigenvalue weighted by Gasteiger charge is -2.50. The predicted molar refractivity (Wildman–Crippen MR) is 155 cm³/mol. The fourth-order valence-corrected chi connectivity index (χ4v) is 7.98. The highest BCUT2D eigenvalue weighted by Gasteiger charge is 2.70. The molecule has 2 N–H and O–H groups in total. The van der Waals surface area contributed by atoms with Crippen molar-refractivity contribution in [3.63, 3.8) is 0 Å². The molecule has 0 radical (unpaired) electrons. The molecule has 4 aliphatic rings. The molecule has 2 heterocycles. The Balaban J connectivity index is 1.46. The Morgan fingerprint density at radius 2 is 1.56 bits per heavy atom. The summed E-state index contributed by atoms with van der Waals surface area (Å²) in [5.41, 5.74) is 3.90. The van der Waals surface area contributed by atoms with Crippen LogP contribution < -0.4 is 5.43 Å². The van der Waals surface area contributed by atoms with E-state index in [9.17, 15) is 28.7 Å². The van der Waals surface area contributed by atoms with E-state index < -0.39 is 52.6 Å².